The summed E-state index contributed by atoms with van der Waals surface area (Å²) < 4.78 is 0. The zero-order chi connectivity index (χ0) is 16.1. The van der Waals surface area contributed by atoms with Gasteiger partial charge in [0.1, 0.15) is 0 Å². The average molecular weight is 318 g/mol. The highest BCUT2D eigenvalue weighted by atomic mass is 28.3. The molecule has 1 rings (SSSR count). The first-order valence-corrected chi connectivity index (χ1v) is 12.7. The van der Waals surface area contributed by atoms with Crippen LogP contribution in [0.5, 0.6) is 0 Å². The zero-order valence-corrected chi connectivity index (χ0v) is 16.1. The molecule has 0 bridgehead atoms. The highest BCUT2D eigenvalue weighted by Gasteiger charge is 2.21. The van der Waals surface area contributed by atoms with Gasteiger partial charge < -0.3 is 0 Å². The van der Waals surface area contributed by atoms with E-state index in [2.05, 4.69) is 50.3 Å². The van der Waals surface area contributed by atoms with Gasteiger partial charge >= 0.3 is 0 Å². The van der Waals surface area contributed by atoms with Crippen molar-refractivity contribution in [3.05, 3.63) is 37.3 Å². The summed E-state index contributed by atoms with van der Waals surface area (Å²) in [7, 11) is -1.18. The predicted octanol–water partition coefficient (Wildman–Crippen LogP) is 6.73. The van der Waals surface area contributed by atoms with E-state index in [0.29, 0.717) is 0 Å². The van der Waals surface area contributed by atoms with E-state index < -0.39 is 8.07 Å². The van der Waals surface area contributed by atoms with Crippen LogP contribution in [0.15, 0.2) is 30.3 Å². The minimum Gasteiger partial charge on any atom is -0.0654 e. The molecule has 0 heterocycles. The minimum atomic E-state index is -1.18. The second-order valence-corrected chi connectivity index (χ2v) is 12.2. The van der Waals surface area contributed by atoms with E-state index in [0.717, 1.165) is 6.42 Å². The molecular formula is C21H37Si. The van der Waals surface area contributed by atoms with E-state index in [-0.39, 0.29) is 0 Å². The van der Waals surface area contributed by atoms with Crippen molar-refractivity contribution in [2.24, 2.45) is 0 Å². The van der Waals surface area contributed by atoms with E-state index in [1.54, 1.807) is 5.19 Å². The number of rotatable bonds is 13. The Morgan fingerprint density at radius 3 is 1.64 bits per heavy atom. The van der Waals surface area contributed by atoms with Gasteiger partial charge in [0.25, 0.3) is 0 Å². The van der Waals surface area contributed by atoms with Crippen LogP contribution in [0.3, 0.4) is 0 Å². The summed E-state index contributed by atoms with van der Waals surface area (Å²) in [5.74, 6) is 0. The standard InChI is InChI=1S/C21H37Si/c1-4-5-6-7-8-9-10-11-12-13-17-20-22(2,3)21-18-15-14-16-19-21/h14-16,18-19H,1,4-13,17,20H2,2-3H3. The van der Waals surface area contributed by atoms with Gasteiger partial charge in [0.05, 0.1) is 8.07 Å². The van der Waals surface area contributed by atoms with Crippen molar-refractivity contribution in [3.8, 4) is 0 Å². The Kier molecular flexibility index (Phi) is 10.6. The van der Waals surface area contributed by atoms with Crippen molar-refractivity contribution < 1.29 is 0 Å². The van der Waals surface area contributed by atoms with E-state index in [4.69, 9.17) is 0 Å². The van der Waals surface area contributed by atoms with E-state index in [9.17, 15) is 0 Å². The topological polar surface area (TPSA) is 0 Å². The van der Waals surface area contributed by atoms with Crippen molar-refractivity contribution >= 4 is 13.3 Å². The van der Waals surface area contributed by atoms with Crippen LogP contribution >= 0.6 is 0 Å². The molecule has 0 aromatic heterocycles. The van der Waals surface area contributed by atoms with Crippen molar-refractivity contribution in [2.75, 3.05) is 0 Å². The van der Waals surface area contributed by atoms with Crippen molar-refractivity contribution in [3.63, 3.8) is 0 Å². The fraction of sp³-hybridized carbons (Fsp3) is 0.667. The monoisotopic (exact) mass is 317 g/mol. The van der Waals surface area contributed by atoms with Crippen LogP contribution in [0.4, 0.5) is 0 Å². The molecule has 0 aliphatic heterocycles. The summed E-state index contributed by atoms with van der Waals surface area (Å²) in [4.78, 5) is 0. The molecule has 0 saturated carbocycles. The molecule has 0 N–H and O–H groups in total. The zero-order valence-electron chi connectivity index (χ0n) is 15.1. The lowest BCUT2D eigenvalue weighted by atomic mass is 10.1. The van der Waals surface area contributed by atoms with Gasteiger partial charge in [-0.3, -0.25) is 0 Å². The highest BCUT2D eigenvalue weighted by molar-refractivity contribution is 6.89. The molecule has 0 nitrogen and oxygen atoms in total. The molecule has 0 saturated heterocycles. The normalized spacial score (nSPS) is 11.8. The summed E-state index contributed by atoms with van der Waals surface area (Å²) in [5.41, 5.74) is 0. The molecule has 1 radical (unpaired) electrons. The number of benzene rings is 1. The number of hydrogen-bond donors (Lipinski definition) is 0. The predicted molar refractivity (Wildman–Crippen MR) is 105 cm³/mol. The molecule has 0 spiro atoms. The van der Waals surface area contributed by atoms with Gasteiger partial charge in [0.15, 0.2) is 0 Å². The van der Waals surface area contributed by atoms with Gasteiger partial charge in [-0.15, -0.1) is 0 Å². The third-order valence-electron chi connectivity index (χ3n) is 4.86. The minimum absolute atomic E-state index is 1.11. The lowest BCUT2D eigenvalue weighted by molar-refractivity contribution is 0.557. The van der Waals surface area contributed by atoms with Crippen LogP contribution in [-0.2, 0) is 0 Å². The molecular weight excluding hydrogens is 280 g/mol. The SMILES string of the molecule is [CH2]CCCCCCCCCCCC[Si](C)(C)c1ccccc1. The van der Waals surface area contributed by atoms with Crippen LogP contribution < -0.4 is 5.19 Å². The molecule has 1 heteroatoms. The lowest BCUT2D eigenvalue weighted by Gasteiger charge is -2.22. The summed E-state index contributed by atoms with van der Waals surface area (Å²) in [6, 6.07) is 12.6. The van der Waals surface area contributed by atoms with Gasteiger partial charge in [-0.25, -0.2) is 0 Å². The van der Waals surface area contributed by atoms with Crippen LogP contribution in [0, 0.1) is 6.92 Å². The summed E-state index contributed by atoms with van der Waals surface area (Å²) in [6.07, 6.45) is 15.3. The molecule has 0 fully saturated rings. The summed E-state index contributed by atoms with van der Waals surface area (Å²) in [6.45, 7) is 8.94. The first-order valence-electron chi connectivity index (χ1n) is 9.51. The first kappa shape index (κ1) is 19.5. The third-order valence-corrected chi connectivity index (χ3v) is 8.36. The van der Waals surface area contributed by atoms with Crippen LogP contribution in [0.2, 0.25) is 19.1 Å². The van der Waals surface area contributed by atoms with E-state index in [1.165, 1.54) is 70.3 Å². The Morgan fingerprint density at radius 2 is 1.14 bits per heavy atom. The Bertz CT molecular complexity index is 355. The number of hydrogen-bond acceptors (Lipinski definition) is 0. The fourth-order valence-corrected chi connectivity index (χ4v) is 5.71. The van der Waals surface area contributed by atoms with Gasteiger partial charge in [0, 0.05) is 0 Å². The van der Waals surface area contributed by atoms with Crippen molar-refractivity contribution in [2.45, 2.75) is 89.8 Å². The van der Waals surface area contributed by atoms with Gasteiger partial charge in [-0.2, -0.15) is 0 Å². The second-order valence-electron chi connectivity index (χ2n) is 7.39. The van der Waals surface area contributed by atoms with Gasteiger partial charge in [-0.05, 0) is 0 Å². The van der Waals surface area contributed by atoms with E-state index >= 15 is 0 Å². The summed E-state index contributed by atoms with van der Waals surface area (Å²) >= 11 is 0. The molecule has 1 aromatic rings. The second kappa shape index (κ2) is 11.9. The fourth-order valence-electron chi connectivity index (χ4n) is 3.19. The Balaban J connectivity index is 1.97. The molecule has 125 valence electrons. The van der Waals surface area contributed by atoms with Crippen LogP contribution in [0.25, 0.3) is 0 Å². The number of unbranched alkanes of at least 4 members (excludes halogenated alkanes) is 10. The molecule has 0 atom stereocenters. The smallest absolute Gasteiger partial charge is 0.0654 e. The van der Waals surface area contributed by atoms with E-state index in [1.807, 2.05) is 0 Å². The molecule has 1 aromatic carbocycles. The Labute approximate surface area is 140 Å². The van der Waals surface area contributed by atoms with Crippen LogP contribution in [0.1, 0.15) is 70.6 Å². The Hall–Kier alpha value is -0.563. The molecule has 0 amide bonds. The summed E-state index contributed by atoms with van der Waals surface area (Å²) in [5, 5.41) is 1.62. The van der Waals surface area contributed by atoms with Crippen molar-refractivity contribution in [1.29, 1.82) is 0 Å². The van der Waals surface area contributed by atoms with Gasteiger partial charge in [0.2, 0.25) is 0 Å². The maximum atomic E-state index is 3.90. The maximum Gasteiger partial charge on any atom is 0.0806 e. The molecule has 0 aliphatic carbocycles. The van der Waals surface area contributed by atoms with Gasteiger partial charge in [-0.1, -0.05) is 132 Å². The third kappa shape index (κ3) is 8.78. The molecule has 22 heavy (non-hydrogen) atoms. The van der Waals surface area contributed by atoms with Crippen LogP contribution in [-0.4, -0.2) is 8.07 Å². The molecule has 0 aliphatic rings. The molecule has 0 unspecified atom stereocenters. The van der Waals surface area contributed by atoms with Crippen molar-refractivity contribution in [1.82, 2.24) is 0 Å². The lowest BCUT2D eigenvalue weighted by Crippen LogP contribution is -2.40. The quantitative estimate of drug-likeness (QED) is 0.279. The Morgan fingerprint density at radius 1 is 0.682 bits per heavy atom. The highest BCUT2D eigenvalue weighted by Crippen LogP contribution is 2.17. The first-order chi connectivity index (χ1) is 10.7. The maximum absolute atomic E-state index is 3.90. The largest absolute Gasteiger partial charge is 0.0806 e. The average Bonchev–Trinajstić information content (AvgIpc) is 2.53.